The third-order valence-corrected chi connectivity index (χ3v) is 6.83. The monoisotopic (exact) mass is 383 g/mol. The molecule has 1 aromatic carbocycles. The molecule has 1 saturated heterocycles. The zero-order valence-corrected chi connectivity index (χ0v) is 16.1. The molecular weight excluding hydrogens is 362 g/mol. The van der Waals surface area contributed by atoms with Gasteiger partial charge in [-0.05, 0) is 44.6 Å². The van der Waals surface area contributed by atoms with Gasteiger partial charge in [-0.25, -0.2) is 13.4 Å². The van der Waals surface area contributed by atoms with Crippen LogP contribution in [-0.4, -0.2) is 39.8 Å². The Bertz CT molecular complexity index is 1160. The average Bonchev–Trinajstić information content (AvgIpc) is 3.12. The van der Waals surface area contributed by atoms with E-state index in [1.165, 1.54) is 0 Å². The van der Waals surface area contributed by atoms with Crippen molar-refractivity contribution in [2.45, 2.75) is 26.3 Å². The molecule has 0 aliphatic carbocycles. The molecule has 140 valence electrons. The number of phenolic OH excluding ortho intramolecular Hbond substituents is 1. The van der Waals surface area contributed by atoms with Crippen LogP contribution in [0.2, 0.25) is 0 Å². The number of hydrogen-bond donors (Lipinski definition) is 1. The first-order chi connectivity index (χ1) is 12.8. The zero-order chi connectivity index (χ0) is 19.2. The summed E-state index contributed by atoms with van der Waals surface area (Å²) in [6.07, 6.45) is 4.45. The highest BCUT2D eigenvalue weighted by Crippen LogP contribution is 2.28. The van der Waals surface area contributed by atoms with Crippen LogP contribution in [0.4, 0.5) is 0 Å². The second-order valence-corrected chi connectivity index (χ2v) is 9.23. The van der Waals surface area contributed by atoms with Crippen molar-refractivity contribution >= 4 is 32.9 Å². The van der Waals surface area contributed by atoms with Crippen molar-refractivity contribution in [1.29, 1.82) is 0 Å². The van der Waals surface area contributed by atoms with E-state index in [2.05, 4.69) is 10.1 Å². The molecule has 0 saturated carbocycles. The topological polar surface area (TPSA) is 85.1 Å². The number of benzene rings is 1. The molecule has 1 aliphatic rings. The summed E-state index contributed by atoms with van der Waals surface area (Å²) in [4.78, 5) is 4.51. The fraction of sp³-hybridized carbons (Fsp3) is 0.300. The molecule has 3 aromatic rings. The summed E-state index contributed by atoms with van der Waals surface area (Å²) in [6.45, 7) is 3.89. The lowest BCUT2D eigenvalue weighted by atomic mass is 10.1. The van der Waals surface area contributed by atoms with E-state index in [9.17, 15) is 13.5 Å². The standard InChI is InChI=1S/C20H21N3O3S/c1-13-18(14(2)23(22-13)17-10-11-27(25,26)12-17)9-8-16-7-6-15-4-3-5-19(24)20(15)21-16/h3-9,17,24H,10-12H2,1-2H3. The van der Waals surface area contributed by atoms with E-state index in [0.29, 0.717) is 11.9 Å². The first kappa shape index (κ1) is 17.7. The molecule has 3 heterocycles. The van der Waals surface area contributed by atoms with Crippen molar-refractivity contribution in [1.82, 2.24) is 14.8 Å². The maximum absolute atomic E-state index is 11.8. The number of fused-ring (bicyclic) bond motifs is 1. The summed E-state index contributed by atoms with van der Waals surface area (Å²) < 4.78 is 25.4. The maximum atomic E-state index is 11.8. The minimum absolute atomic E-state index is 0.0911. The summed E-state index contributed by atoms with van der Waals surface area (Å²) >= 11 is 0. The second-order valence-electron chi connectivity index (χ2n) is 7.00. The Morgan fingerprint density at radius 3 is 2.74 bits per heavy atom. The number of aromatic nitrogens is 3. The van der Waals surface area contributed by atoms with Crippen LogP contribution in [0.5, 0.6) is 5.75 Å². The van der Waals surface area contributed by atoms with Crippen LogP contribution in [0.1, 0.15) is 35.1 Å². The predicted octanol–water partition coefficient (Wildman–Crippen LogP) is 3.28. The average molecular weight is 383 g/mol. The van der Waals surface area contributed by atoms with Crippen LogP contribution >= 0.6 is 0 Å². The Labute approximate surface area is 158 Å². The molecule has 0 radical (unpaired) electrons. The van der Waals surface area contributed by atoms with Gasteiger partial charge in [0.1, 0.15) is 11.3 Å². The van der Waals surface area contributed by atoms with E-state index in [1.54, 1.807) is 12.1 Å². The number of aromatic hydroxyl groups is 1. The van der Waals surface area contributed by atoms with Crippen molar-refractivity contribution < 1.29 is 13.5 Å². The molecule has 0 bridgehead atoms. The molecular formula is C20H21N3O3S. The molecule has 2 aromatic heterocycles. The number of aryl methyl sites for hydroxylation is 1. The van der Waals surface area contributed by atoms with Crippen LogP contribution in [0.15, 0.2) is 30.3 Å². The van der Waals surface area contributed by atoms with Crippen LogP contribution in [0, 0.1) is 13.8 Å². The summed E-state index contributed by atoms with van der Waals surface area (Å²) in [5.41, 5.74) is 4.09. The Kier molecular flexibility index (Phi) is 4.26. The number of nitrogens with zero attached hydrogens (tertiary/aromatic N) is 3. The third kappa shape index (κ3) is 3.35. The van der Waals surface area contributed by atoms with Gasteiger partial charge in [0.25, 0.3) is 0 Å². The van der Waals surface area contributed by atoms with Crippen molar-refractivity contribution in [3.8, 4) is 5.75 Å². The lowest BCUT2D eigenvalue weighted by Crippen LogP contribution is -2.13. The smallest absolute Gasteiger partial charge is 0.152 e. The SMILES string of the molecule is Cc1nn(C2CCS(=O)(=O)C2)c(C)c1C=Cc1ccc2cccc(O)c2n1. The number of sulfone groups is 1. The largest absolute Gasteiger partial charge is 0.506 e. The summed E-state index contributed by atoms with van der Waals surface area (Å²) in [6, 6.07) is 9.05. The number of rotatable bonds is 3. The zero-order valence-electron chi connectivity index (χ0n) is 15.3. The van der Waals surface area contributed by atoms with Gasteiger partial charge in [-0.15, -0.1) is 0 Å². The number of pyridine rings is 1. The molecule has 1 N–H and O–H groups in total. The molecule has 27 heavy (non-hydrogen) atoms. The number of phenols is 1. The Balaban J connectivity index is 1.66. The minimum Gasteiger partial charge on any atom is -0.506 e. The van der Waals surface area contributed by atoms with E-state index >= 15 is 0 Å². The van der Waals surface area contributed by atoms with Crippen LogP contribution in [0.3, 0.4) is 0 Å². The van der Waals surface area contributed by atoms with Gasteiger partial charge in [0.05, 0.1) is 28.9 Å². The molecule has 7 heteroatoms. The van der Waals surface area contributed by atoms with E-state index in [-0.39, 0.29) is 23.3 Å². The highest BCUT2D eigenvalue weighted by Gasteiger charge is 2.31. The maximum Gasteiger partial charge on any atom is 0.152 e. The predicted molar refractivity (Wildman–Crippen MR) is 106 cm³/mol. The normalized spacial score (nSPS) is 19.3. The van der Waals surface area contributed by atoms with Crippen LogP contribution in [-0.2, 0) is 9.84 Å². The van der Waals surface area contributed by atoms with Crippen molar-refractivity contribution in [3.63, 3.8) is 0 Å². The Hall–Kier alpha value is -2.67. The van der Waals surface area contributed by atoms with Gasteiger partial charge in [-0.1, -0.05) is 18.2 Å². The number of hydrogen-bond acceptors (Lipinski definition) is 5. The first-order valence-electron chi connectivity index (χ1n) is 8.87. The molecule has 1 atom stereocenters. The van der Waals surface area contributed by atoms with Gasteiger partial charge in [-0.3, -0.25) is 4.68 Å². The highest BCUT2D eigenvalue weighted by molar-refractivity contribution is 7.91. The minimum atomic E-state index is -2.96. The number of para-hydroxylation sites is 1. The summed E-state index contributed by atoms with van der Waals surface area (Å²) in [7, 11) is -2.96. The molecule has 1 fully saturated rings. The van der Waals surface area contributed by atoms with E-state index in [1.807, 2.05) is 48.9 Å². The molecule has 6 nitrogen and oxygen atoms in total. The van der Waals surface area contributed by atoms with Gasteiger partial charge in [0, 0.05) is 16.6 Å². The van der Waals surface area contributed by atoms with Gasteiger partial charge in [0.2, 0.25) is 0 Å². The molecule has 0 spiro atoms. The third-order valence-electron chi connectivity index (χ3n) is 5.08. The Morgan fingerprint density at radius 1 is 1.19 bits per heavy atom. The van der Waals surface area contributed by atoms with Crippen molar-refractivity contribution in [3.05, 3.63) is 53.0 Å². The van der Waals surface area contributed by atoms with Crippen LogP contribution in [0.25, 0.3) is 23.1 Å². The summed E-state index contributed by atoms with van der Waals surface area (Å²) in [5.74, 6) is 0.542. The van der Waals surface area contributed by atoms with E-state index < -0.39 is 9.84 Å². The summed E-state index contributed by atoms with van der Waals surface area (Å²) in [5, 5.41) is 15.4. The van der Waals surface area contributed by atoms with E-state index in [4.69, 9.17) is 0 Å². The lowest BCUT2D eigenvalue weighted by Gasteiger charge is -2.10. The van der Waals surface area contributed by atoms with Gasteiger partial charge in [-0.2, -0.15) is 5.10 Å². The fourth-order valence-electron chi connectivity index (χ4n) is 3.65. The molecule has 1 aliphatic heterocycles. The quantitative estimate of drug-likeness (QED) is 0.750. The molecule has 4 rings (SSSR count). The van der Waals surface area contributed by atoms with Crippen molar-refractivity contribution in [2.24, 2.45) is 0 Å². The molecule has 0 amide bonds. The molecule has 1 unspecified atom stereocenters. The fourth-order valence-corrected chi connectivity index (χ4v) is 5.34. The van der Waals surface area contributed by atoms with E-state index in [0.717, 1.165) is 28.0 Å². The highest BCUT2D eigenvalue weighted by atomic mass is 32.2. The Morgan fingerprint density at radius 2 is 2.00 bits per heavy atom. The van der Waals surface area contributed by atoms with Gasteiger partial charge >= 0.3 is 0 Å². The van der Waals surface area contributed by atoms with Crippen molar-refractivity contribution in [2.75, 3.05) is 11.5 Å². The van der Waals surface area contributed by atoms with Gasteiger partial charge in [0.15, 0.2) is 9.84 Å². The lowest BCUT2D eigenvalue weighted by molar-refractivity contribution is 0.480. The van der Waals surface area contributed by atoms with Gasteiger partial charge < -0.3 is 5.11 Å². The van der Waals surface area contributed by atoms with Crippen LogP contribution < -0.4 is 0 Å². The first-order valence-corrected chi connectivity index (χ1v) is 10.7. The second kappa shape index (κ2) is 6.49.